The normalized spacial score (nSPS) is 21.5. The van der Waals surface area contributed by atoms with E-state index in [9.17, 15) is 14.0 Å². The average Bonchev–Trinajstić information content (AvgIpc) is 2.97. The Labute approximate surface area is 151 Å². The summed E-state index contributed by atoms with van der Waals surface area (Å²) in [6.07, 6.45) is 0.264. The molecule has 2 aliphatic heterocycles. The summed E-state index contributed by atoms with van der Waals surface area (Å²) in [4.78, 5) is 29.9. The van der Waals surface area contributed by atoms with Gasteiger partial charge in [-0.2, -0.15) is 0 Å². The van der Waals surface area contributed by atoms with Crippen LogP contribution in [0.2, 0.25) is 0 Å². The fraction of sp³-hybridized carbons (Fsp3) is 0.300. The number of rotatable bonds is 3. The predicted molar refractivity (Wildman–Crippen MR) is 96.6 cm³/mol. The van der Waals surface area contributed by atoms with E-state index in [4.69, 9.17) is 0 Å². The van der Waals surface area contributed by atoms with Crippen molar-refractivity contribution in [2.75, 3.05) is 36.0 Å². The van der Waals surface area contributed by atoms with Crippen molar-refractivity contribution in [1.29, 1.82) is 0 Å². The molecule has 6 heteroatoms. The fourth-order valence-electron chi connectivity index (χ4n) is 3.85. The smallest absolute Gasteiger partial charge is 0.292 e. The Kier molecular flexibility index (Phi) is 4.42. The van der Waals surface area contributed by atoms with Crippen LogP contribution in [-0.2, 0) is 9.59 Å². The molecule has 2 aromatic rings. The van der Waals surface area contributed by atoms with Gasteiger partial charge < -0.3 is 9.80 Å². The van der Waals surface area contributed by atoms with E-state index in [1.54, 1.807) is 24.3 Å². The van der Waals surface area contributed by atoms with Gasteiger partial charge in [0, 0.05) is 5.69 Å². The number of carbonyl (C=O) groups is 2. The SMILES string of the molecule is O=C1C[C@H]([NH+]2CCN(c3ccc(F)cc3)CC2)C(=O)N1c1ccccc1. The van der Waals surface area contributed by atoms with Crippen molar-refractivity contribution in [1.82, 2.24) is 0 Å². The maximum Gasteiger partial charge on any atom is 0.292 e. The third-order valence-corrected chi connectivity index (χ3v) is 5.25. The van der Waals surface area contributed by atoms with Crippen molar-refractivity contribution in [3.05, 3.63) is 60.4 Å². The van der Waals surface area contributed by atoms with Crippen LogP contribution in [0.15, 0.2) is 54.6 Å². The zero-order valence-corrected chi connectivity index (χ0v) is 14.4. The number of amides is 2. The lowest BCUT2D eigenvalue weighted by molar-refractivity contribution is -0.915. The number of hydrogen-bond acceptors (Lipinski definition) is 3. The number of quaternary nitrogens is 1. The summed E-state index contributed by atoms with van der Waals surface area (Å²) in [5.41, 5.74) is 1.64. The second-order valence-electron chi connectivity index (χ2n) is 6.78. The molecule has 0 unspecified atom stereocenters. The highest BCUT2D eigenvalue weighted by molar-refractivity contribution is 6.21. The molecule has 5 nitrogen and oxygen atoms in total. The van der Waals surface area contributed by atoms with E-state index in [1.807, 2.05) is 18.2 Å². The molecule has 2 aliphatic rings. The number of imide groups is 1. The second-order valence-corrected chi connectivity index (χ2v) is 6.78. The summed E-state index contributed by atoms with van der Waals surface area (Å²) >= 11 is 0. The van der Waals surface area contributed by atoms with Crippen LogP contribution in [0, 0.1) is 5.82 Å². The van der Waals surface area contributed by atoms with E-state index < -0.39 is 0 Å². The molecule has 26 heavy (non-hydrogen) atoms. The second kappa shape index (κ2) is 6.88. The van der Waals surface area contributed by atoms with Gasteiger partial charge in [-0.3, -0.25) is 9.59 Å². The van der Waals surface area contributed by atoms with Crippen molar-refractivity contribution in [3.8, 4) is 0 Å². The lowest BCUT2D eigenvalue weighted by atomic mass is 10.1. The average molecular weight is 354 g/mol. The van der Waals surface area contributed by atoms with Crippen LogP contribution in [0.25, 0.3) is 0 Å². The number of anilines is 2. The van der Waals surface area contributed by atoms with Crippen LogP contribution in [0.3, 0.4) is 0 Å². The first-order valence-electron chi connectivity index (χ1n) is 8.90. The molecule has 0 aliphatic carbocycles. The van der Waals surface area contributed by atoms with Crippen molar-refractivity contribution >= 4 is 23.2 Å². The third kappa shape index (κ3) is 3.08. The molecule has 2 heterocycles. The zero-order valence-electron chi connectivity index (χ0n) is 14.4. The maximum atomic E-state index is 13.1. The quantitative estimate of drug-likeness (QED) is 0.832. The van der Waals surface area contributed by atoms with Crippen LogP contribution in [0.4, 0.5) is 15.8 Å². The van der Waals surface area contributed by atoms with E-state index >= 15 is 0 Å². The first-order valence-corrected chi connectivity index (χ1v) is 8.90. The largest absolute Gasteiger partial charge is 0.360 e. The molecule has 134 valence electrons. The molecular weight excluding hydrogens is 333 g/mol. The molecule has 2 aromatic carbocycles. The Morgan fingerprint density at radius 3 is 2.19 bits per heavy atom. The van der Waals surface area contributed by atoms with Gasteiger partial charge in [0.15, 0.2) is 6.04 Å². The number of piperazine rings is 1. The third-order valence-electron chi connectivity index (χ3n) is 5.25. The number of nitrogens with one attached hydrogen (secondary N) is 1. The van der Waals surface area contributed by atoms with Gasteiger partial charge >= 0.3 is 0 Å². The first kappa shape index (κ1) is 16.7. The standard InChI is InChI=1S/C20H20FN3O2/c21-15-6-8-16(9-7-15)22-10-12-23(13-11-22)18-14-19(25)24(20(18)26)17-4-2-1-3-5-17/h1-9,18H,10-14H2/p+1/t18-/m0/s1. The van der Waals surface area contributed by atoms with Crippen molar-refractivity contribution in [2.24, 2.45) is 0 Å². The van der Waals surface area contributed by atoms with Crippen LogP contribution < -0.4 is 14.7 Å². The van der Waals surface area contributed by atoms with E-state index in [2.05, 4.69) is 4.90 Å². The highest BCUT2D eigenvalue weighted by atomic mass is 19.1. The highest BCUT2D eigenvalue weighted by Crippen LogP contribution is 2.22. The lowest BCUT2D eigenvalue weighted by Gasteiger charge is -2.35. The molecule has 1 atom stereocenters. The van der Waals surface area contributed by atoms with Gasteiger partial charge in [0.1, 0.15) is 5.82 Å². The Morgan fingerprint density at radius 1 is 0.885 bits per heavy atom. The number of benzene rings is 2. The predicted octanol–water partition coefficient (Wildman–Crippen LogP) is 0.863. The van der Waals surface area contributed by atoms with Gasteiger partial charge in [-0.15, -0.1) is 0 Å². The van der Waals surface area contributed by atoms with Crippen LogP contribution >= 0.6 is 0 Å². The molecule has 0 saturated carbocycles. The molecule has 0 bridgehead atoms. The molecule has 2 saturated heterocycles. The van der Waals surface area contributed by atoms with Gasteiger partial charge in [-0.05, 0) is 36.4 Å². The number of para-hydroxylation sites is 1. The van der Waals surface area contributed by atoms with Gasteiger partial charge in [0.05, 0.1) is 38.3 Å². The van der Waals surface area contributed by atoms with Gasteiger partial charge in [-0.1, -0.05) is 18.2 Å². The van der Waals surface area contributed by atoms with Gasteiger partial charge in [0.25, 0.3) is 5.91 Å². The van der Waals surface area contributed by atoms with Crippen LogP contribution in [-0.4, -0.2) is 44.0 Å². The summed E-state index contributed by atoms with van der Waals surface area (Å²) in [5.74, 6) is -0.472. The minimum Gasteiger partial charge on any atom is -0.360 e. The topological polar surface area (TPSA) is 45.1 Å². The van der Waals surface area contributed by atoms with Gasteiger partial charge in [0.2, 0.25) is 5.91 Å². The summed E-state index contributed by atoms with van der Waals surface area (Å²) < 4.78 is 13.1. The van der Waals surface area contributed by atoms with Crippen LogP contribution in [0.5, 0.6) is 0 Å². The molecule has 0 aromatic heterocycles. The maximum absolute atomic E-state index is 13.1. The van der Waals surface area contributed by atoms with Crippen molar-refractivity contribution < 1.29 is 18.9 Å². The minimum atomic E-state index is -0.307. The molecule has 4 rings (SSSR count). The monoisotopic (exact) mass is 354 g/mol. The van der Waals surface area contributed by atoms with Gasteiger partial charge in [-0.25, -0.2) is 9.29 Å². The Balaban J connectivity index is 1.42. The van der Waals surface area contributed by atoms with Crippen molar-refractivity contribution in [3.63, 3.8) is 0 Å². The fourth-order valence-corrected chi connectivity index (χ4v) is 3.85. The van der Waals surface area contributed by atoms with Crippen LogP contribution in [0.1, 0.15) is 6.42 Å². The zero-order chi connectivity index (χ0) is 18.1. The van der Waals surface area contributed by atoms with E-state index in [0.717, 1.165) is 36.8 Å². The molecule has 2 amide bonds. The van der Waals surface area contributed by atoms with Crippen molar-refractivity contribution in [2.45, 2.75) is 12.5 Å². The highest BCUT2D eigenvalue weighted by Gasteiger charge is 2.46. The van der Waals surface area contributed by atoms with E-state index in [-0.39, 0.29) is 30.1 Å². The summed E-state index contributed by atoms with van der Waals surface area (Å²) in [6, 6.07) is 15.3. The summed E-state index contributed by atoms with van der Waals surface area (Å²) in [7, 11) is 0. The van der Waals surface area contributed by atoms with E-state index in [1.165, 1.54) is 17.0 Å². The summed E-state index contributed by atoms with van der Waals surface area (Å²) in [6.45, 7) is 3.13. The lowest BCUT2D eigenvalue weighted by Crippen LogP contribution is -3.19. The molecule has 0 radical (unpaired) electrons. The number of halogens is 1. The Bertz CT molecular complexity index is 802. The molecule has 1 N–H and O–H groups in total. The molecular formula is C20H21FN3O2+. The molecule has 2 fully saturated rings. The summed E-state index contributed by atoms with van der Waals surface area (Å²) in [5, 5.41) is 0. The number of nitrogens with zero attached hydrogens (tertiary/aromatic N) is 2. The number of hydrogen-bond donors (Lipinski definition) is 1. The number of carbonyl (C=O) groups excluding carboxylic acids is 2. The van der Waals surface area contributed by atoms with E-state index in [0.29, 0.717) is 5.69 Å². The Hall–Kier alpha value is -2.73. The Morgan fingerprint density at radius 2 is 1.54 bits per heavy atom. The molecule has 0 spiro atoms. The minimum absolute atomic E-state index is 0.105. The first-order chi connectivity index (χ1) is 12.6.